The van der Waals surface area contributed by atoms with E-state index in [1.807, 2.05) is 24.3 Å². The Morgan fingerprint density at radius 2 is 1.86 bits per heavy atom. The summed E-state index contributed by atoms with van der Waals surface area (Å²) in [5, 5.41) is 0.861. The van der Waals surface area contributed by atoms with E-state index in [0.29, 0.717) is 6.42 Å². The number of aromatic nitrogens is 1. The first-order chi connectivity index (χ1) is 9.99. The topological polar surface area (TPSA) is 22.1 Å². The Labute approximate surface area is 122 Å². The van der Waals surface area contributed by atoms with Gasteiger partial charge >= 0.3 is 6.36 Å². The van der Waals surface area contributed by atoms with Gasteiger partial charge in [0, 0.05) is 6.42 Å². The number of ether oxygens (including phenoxy) is 1. The van der Waals surface area contributed by atoms with E-state index < -0.39 is 6.36 Å². The highest BCUT2D eigenvalue weighted by atomic mass is 32.1. The van der Waals surface area contributed by atoms with Gasteiger partial charge in [0.1, 0.15) is 5.75 Å². The van der Waals surface area contributed by atoms with Crippen molar-refractivity contribution in [3.8, 4) is 5.75 Å². The molecule has 0 aliphatic carbocycles. The van der Waals surface area contributed by atoms with Crippen molar-refractivity contribution in [3.05, 3.63) is 59.1 Å². The second-order valence-corrected chi connectivity index (χ2v) is 5.56. The molecule has 0 N–H and O–H groups in total. The molecule has 0 bridgehead atoms. The number of rotatable bonds is 3. The first kappa shape index (κ1) is 13.9. The van der Waals surface area contributed by atoms with E-state index in [-0.39, 0.29) is 5.75 Å². The van der Waals surface area contributed by atoms with Crippen molar-refractivity contribution < 1.29 is 17.9 Å². The minimum atomic E-state index is -4.67. The molecule has 108 valence electrons. The third-order valence-corrected chi connectivity index (χ3v) is 3.86. The van der Waals surface area contributed by atoms with Crippen molar-refractivity contribution in [2.24, 2.45) is 0 Å². The molecule has 2 aromatic carbocycles. The lowest BCUT2D eigenvalue weighted by atomic mass is 10.1. The molecule has 1 aromatic heterocycles. The van der Waals surface area contributed by atoms with Crippen LogP contribution in [0.5, 0.6) is 5.75 Å². The molecule has 1 heterocycles. The number of benzene rings is 2. The zero-order valence-corrected chi connectivity index (χ0v) is 11.5. The summed E-state index contributed by atoms with van der Waals surface area (Å²) in [6.45, 7) is 0. The number of halogens is 3. The van der Waals surface area contributed by atoms with E-state index in [0.717, 1.165) is 20.8 Å². The fourth-order valence-electron chi connectivity index (χ4n) is 2.02. The first-order valence-electron chi connectivity index (χ1n) is 6.19. The SMILES string of the molecule is FC(F)(F)Oc1cccc(Cc2nc3ccccc3s2)c1. The second kappa shape index (κ2) is 5.37. The molecule has 3 rings (SSSR count). The zero-order chi connectivity index (χ0) is 14.9. The summed E-state index contributed by atoms with van der Waals surface area (Å²) in [6, 6.07) is 13.7. The van der Waals surface area contributed by atoms with Crippen LogP contribution >= 0.6 is 11.3 Å². The number of nitrogens with zero attached hydrogens (tertiary/aromatic N) is 1. The summed E-state index contributed by atoms with van der Waals surface area (Å²) in [6.07, 6.45) is -4.19. The van der Waals surface area contributed by atoms with Crippen LogP contribution in [0.25, 0.3) is 10.2 Å². The van der Waals surface area contributed by atoms with Gasteiger partial charge in [-0.1, -0.05) is 24.3 Å². The number of para-hydroxylation sites is 1. The molecule has 0 aliphatic rings. The van der Waals surface area contributed by atoms with Crippen LogP contribution in [0.2, 0.25) is 0 Å². The smallest absolute Gasteiger partial charge is 0.406 e. The highest BCUT2D eigenvalue weighted by molar-refractivity contribution is 7.18. The summed E-state index contributed by atoms with van der Waals surface area (Å²) < 4.78 is 41.6. The van der Waals surface area contributed by atoms with Crippen LogP contribution in [0.1, 0.15) is 10.6 Å². The third-order valence-electron chi connectivity index (χ3n) is 2.83. The van der Waals surface area contributed by atoms with E-state index in [2.05, 4.69) is 9.72 Å². The van der Waals surface area contributed by atoms with Crippen molar-refractivity contribution in [1.29, 1.82) is 0 Å². The van der Waals surface area contributed by atoms with Crippen molar-refractivity contribution in [2.45, 2.75) is 12.8 Å². The molecule has 3 aromatic rings. The molecule has 0 radical (unpaired) electrons. The monoisotopic (exact) mass is 309 g/mol. The van der Waals surface area contributed by atoms with Crippen LogP contribution in [0.3, 0.4) is 0 Å². The standard InChI is InChI=1S/C15H10F3NOS/c16-15(17,18)20-11-5-3-4-10(8-11)9-14-19-12-6-1-2-7-13(12)21-14/h1-8H,9H2. The summed E-state index contributed by atoms with van der Waals surface area (Å²) in [5.74, 6) is -0.207. The minimum absolute atomic E-state index is 0.207. The molecule has 0 unspecified atom stereocenters. The van der Waals surface area contributed by atoms with Crippen LogP contribution in [-0.2, 0) is 6.42 Å². The Morgan fingerprint density at radius 1 is 1.05 bits per heavy atom. The molecular formula is C15H10F3NOS. The quantitative estimate of drug-likeness (QED) is 0.694. The van der Waals surface area contributed by atoms with E-state index in [9.17, 15) is 13.2 Å². The molecule has 0 saturated carbocycles. The summed E-state index contributed by atoms with van der Waals surface area (Å²) in [7, 11) is 0. The summed E-state index contributed by atoms with van der Waals surface area (Å²) >= 11 is 1.54. The number of hydrogen-bond donors (Lipinski definition) is 0. The van der Waals surface area contributed by atoms with E-state index in [4.69, 9.17) is 0 Å². The Bertz CT molecular complexity index is 734. The predicted octanol–water partition coefficient (Wildman–Crippen LogP) is 4.79. The van der Waals surface area contributed by atoms with Crippen molar-refractivity contribution in [1.82, 2.24) is 4.98 Å². The van der Waals surface area contributed by atoms with Gasteiger partial charge < -0.3 is 4.74 Å². The fraction of sp³-hybridized carbons (Fsp3) is 0.133. The molecular weight excluding hydrogens is 299 g/mol. The van der Waals surface area contributed by atoms with Gasteiger partial charge in [-0.15, -0.1) is 24.5 Å². The van der Waals surface area contributed by atoms with Gasteiger partial charge in [-0.2, -0.15) is 0 Å². The van der Waals surface area contributed by atoms with Gasteiger partial charge in [0.2, 0.25) is 0 Å². The maximum Gasteiger partial charge on any atom is 0.573 e. The van der Waals surface area contributed by atoms with Crippen LogP contribution < -0.4 is 4.74 Å². The Morgan fingerprint density at radius 3 is 2.62 bits per heavy atom. The molecule has 0 fully saturated rings. The lowest BCUT2D eigenvalue weighted by molar-refractivity contribution is -0.274. The Kier molecular flexibility index (Phi) is 3.55. The van der Waals surface area contributed by atoms with Gasteiger partial charge in [-0.25, -0.2) is 4.98 Å². The summed E-state index contributed by atoms with van der Waals surface area (Å²) in [5.41, 5.74) is 1.64. The van der Waals surface area contributed by atoms with Crippen LogP contribution in [-0.4, -0.2) is 11.3 Å². The second-order valence-electron chi connectivity index (χ2n) is 4.45. The van der Waals surface area contributed by atoms with Gasteiger partial charge in [0.25, 0.3) is 0 Å². The van der Waals surface area contributed by atoms with Crippen molar-refractivity contribution in [2.75, 3.05) is 0 Å². The van der Waals surface area contributed by atoms with Crippen LogP contribution in [0, 0.1) is 0 Å². The molecule has 0 aliphatic heterocycles. The Balaban J connectivity index is 1.82. The number of alkyl halides is 3. The molecule has 0 amide bonds. The number of thiazole rings is 1. The van der Waals surface area contributed by atoms with Crippen LogP contribution in [0.4, 0.5) is 13.2 Å². The maximum absolute atomic E-state index is 12.2. The van der Waals surface area contributed by atoms with Gasteiger partial charge in [0.15, 0.2) is 0 Å². The van der Waals surface area contributed by atoms with Gasteiger partial charge in [-0.3, -0.25) is 0 Å². The van der Waals surface area contributed by atoms with Crippen molar-refractivity contribution in [3.63, 3.8) is 0 Å². The summed E-state index contributed by atoms with van der Waals surface area (Å²) in [4.78, 5) is 4.47. The van der Waals surface area contributed by atoms with E-state index in [1.54, 1.807) is 12.1 Å². The molecule has 2 nitrogen and oxygen atoms in total. The zero-order valence-electron chi connectivity index (χ0n) is 10.7. The molecule has 21 heavy (non-hydrogen) atoms. The molecule has 0 atom stereocenters. The predicted molar refractivity (Wildman–Crippen MR) is 75.6 cm³/mol. The largest absolute Gasteiger partial charge is 0.573 e. The van der Waals surface area contributed by atoms with Gasteiger partial charge in [-0.05, 0) is 29.8 Å². The molecule has 6 heteroatoms. The lowest BCUT2D eigenvalue weighted by Crippen LogP contribution is -2.17. The van der Waals surface area contributed by atoms with E-state index in [1.165, 1.54) is 23.5 Å². The first-order valence-corrected chi connectivity index (χ1v) is 7.00. The minimum Gasteiger partial charge on any atom is -0.406 e. The van der Waals surface area contributed by atoms with E-state index >= 15 is 0 Å². The maximum atomic E-state index is 12.2. The fourth-order valence-corrected chi connectivity index (χ4v) is 3.02. The average molecular weight is 309 g/mol. The molecule has 0 saturated heterocycles. The lowest BCUT2D eigenvalue weighted by Gasteiger charge is -2.09. The number of hydrogen-bond acceptors (Lipinski definition) is 3. The Hall–Kier alpha value is -2.08. The van der Waals surface area contributed by atoms with Gasteiger partial charge in [0.05, 0.1) is 15.2 Å². The average Bonchev–Trinajstić information content (AvgIpc) is 2.79. The van der Waals surface area contributed by atoms with Crippen molar-refractivity contribution >= 4 is 21.6 Å². The van der Waals surface area contributed by atoms with Crippen LogP contribution in [0.15, 0.2) is 48.5 Å². The third kappa shape index (κ3) is 3.52. The highest BCUT2D eigenvalue weighted by Gasteiger charge is 2.31. The number of fused-ring (bicyclic) bond motifs is 1. The highest BCUT2D eigenvalue weighted by Crippen LogP contribution is 2.26. The molecule has 0 spiro atoms. The normalized spacial score (nSPS) is 11.8.